The van der Waals surface area contributed by atoms with Gasteiger partial charge >= 0.3 is 0 Å². The van der Waals surface area contributed by atoms with E-state index in [0.717, 1.165) is 11.1 Å². The van der Waals surface area contributed by atoms with Gasteiger partial charge < -0.3 is 10.6 Å². The highest BCUT2D eigenvalue weighted by atomic mass is 35.5. The van der Waals surface area contributed by atoms with Crippen molar-refractivity contribution in [1.29, 1.82) is 0 Å². The first-order valence-electron chi connectivity index (χ1n) is 8.66. The van der Waals surface area contributed by atoms with Crippen LogP contribution in [0.1, 0.15) is 31.8 Å². The summed E-state index contributed by atoms with van der Waals surface area (Å²) in [6, 6.07) is 21.2. The van der Waals surface area contributed by atoms with Crippen molar-refractivity contribution in [3.8, 4) is 0 Å². The summed E-state index contributed by atoms with van der Waals surface area (Å²) in [6.45, 7) is 0.831. The summed E-state index contributed by atoms with van der Waals surface area (Å²) in [4.78, 5) is 24.2. The van der Waals surface area contributed by atoms with Gasteiger partial charge in [-0.1, -0.05) is 47.5 Å². The number of hydrogen-bond acceptors (Lipinski definition) is 2. The second-order valence-corrected chi connectivity index (χ2v) is 7.07. The molecule has 0 radical (unpaired) electrons. The molecule has 0 saturated carbocycles. The van der Waals surface area contributed by atoms with Gasteiger partial charge in [-0.15, -0.1) is 0 Å². The molecule has 0 bridgehead atoms. The van der Waals surface area contributed by atoms with E-state index < -0.39 is 0 Å². The summed E-state index contributed by atoms with van der Waals surface area (Å²) in [5, 5.41) is 6.92. The predicted molar refractivity (Wildman–Crippen MR) is 112 cm³/mol. The Hall–Kier alpha value is -2.82. The third-order valence-electron chi connectivity index (χ3n) is 4.14. The van der Waals surface area contributed by atoms with Crippen LogP contribution in [0, 0.1) is 0 Å². The number of amides is 2. The molecular formula is C22H18Cl2N2O2. The van der Waals surface area contributed by atoms with Crippen LogP contribution >= 0.6 is 23.2 Å². The Morgan fingerprint density at radius 3 is 1.21 bits per heavy atom. The number of benzene rings is 3. The van der Waals surface area contributed by atoms with Crippen LogP contribution < -0.4 is 10.6 Å². The summed E-state index contributed by atoms with van der Waals surface area (Å²) < 4.78 is 0. The van der Waals surface area contributed by atoms with Gasteiger partial charge in [0.2, 0.25) is 0 Å². The van der Waals surface area contributed by atoms with Gasteiger partial charge in [-0.25, -0.2) is 0 Å². The number of carbonyl (C=O) groups is 2. The molecule has 0 spiro atoms. The maximum atomic E-state index is 12.1. The van der Waals surface area contributed by atoms with Gasteiger partial charge in [0, 0.05) is 34.3 Å². The Kier molecular flexibility index (Phi) is 6.69. The standard InChI is InChI=1S/C22H18Cl2N2O2/c23-19-9-5-17(6-10-19)21(27)25-13-15-1-2-16(4-3-15)14-26-22(28)18-7-11-20(24)12-8-18/h1-12H,13-14H2,(H,25,27)(H,26,28). The van der Waals surface area contributed by atoms with Crippen molar-refractivity contribution in [1.82, 2.24) is 10.6 Å². The fourth-order valence-electron chi connectivity index (χ4n) is 2.55. The molecule has 3 rings (SSSR count). The Bertz CT molecular complexity index is 873. The van der Waals surface area contributed by atoms with Crippen molar-refractivity contribution in [2.45, 2.75) is 13.1 Å². The minimum atomic E-state index is -0.157. The number of halogens is 2. The van der Waals surface area contributed by atoms with Crippen LogP contribution in [0.25, 0.3) is 0 Å². The van der Waals surface area contributed by atoms with E-state index in [2.05, 4.69) is 10.6 Å². The number of nitrogens with one attached hydrogen (secondary N) is 2. The molecule has 6 heteroatoms. The summed E-state index contributed by atoms with van der Waals surface area (Å²) >= 11 is 11.7. The van der Waals surface area contributed by atoms with E-state index in [0.29, 0.717) is 34.3 Å². The zero-order valence-corrected chi connectivity index (χ0v) is 16.4. The average Bonchev–Trinajstić information content (AvgIpc) is 2.72. The molecule has 0 aliphatic rings. The highest BCUT2D eigenvalue weighted by Gasteiger charge is 2.06. The lowest BCUT2D eigenvalue weighted by Gasteiger charge is -2.08. The molecule has 0 fully saturated rings. The maximum absolute atomic E-state index is 12.1. The number of rotatable bonds is 6. The quantitative estimate of drug-likeness (QED) is 0.607. The monoisotopic (exact) mass is 412 g/mol. The van der Waals surface area contributed by atoms with Crippen LogP contribution in [0.15, 0.2) is 72.8 Å². The summed E-state index contributed by atoms with van der Waals surface area (Å²) in [7, 11) is 0. The van der Waals surface area contributed by atoms with Gasteiger partial charge in [0.25, 0.3) is 11.8 Å². The molecule has 142 valence electrons. The molecule has 3 aromatic carbocycles. The lowest BCUT2D eigenvalue weighted by Crippen LogP contribution is -2.23. The second kappa shape index (κ2) is 9.40. The molecule has 2 amide bonds. The van der Waals surface area contributed by atoms with Gasteiger partial charge in [-0.3, -0.25) is 9.59 Å². The lowest BCUT2D eigenvalue weighted by molar-refractivity contribution is 0.0942. The summed E-state index contributed by atoms with van der Waals surface area (Å²) in [5.74, 6) is -0.313. The molecule has 2 N–H and O–H groups in total. The Balaban J connectivity index is 1.49. The minimum absolute atomic E-state index is 0.157. The lowest BCUT2D eigenvalue weighted by atomic mass is 10.1. The van der Waals surface area contributed by atoms with Crippen LogP contribution in [0.2, 0.25) is 10.0 Å². The smallest absolute Gasteiger partial charge is 0.251 e. The molecule has 0 heterocycles. The van der Waals surface area contributed by atoms with E-state index in [1.165, 1.54) is 0 Å². The predicted octanol–water partition coefficient (Wildman–Crippen LogP) is 4.85. The van der Waals surface area contributed by atoms with Gasteiger partial charge in [-0.05, 0) is 59.7 Å². The molecule has 3 aromatic rings. The van der Waals surface area contributed by atoms with Crippen molar-refractivity contribution in [3.63, 3.8) is 0 Å². The Morgan fingerprint density at radius 1 is 0.571 bits per heavy atom. The van der Waals surface area contributed by atoms with E-state index in [9.17, 15) is 9.59 Å². The van der Waals surface area contributed by atoms with Gasteiger partial charge in [0.1, 0.15) is 0 Å². The van der Waals surface area contributed by atoms with E-state index in [4.69, 9.17) is 23.2 Å². The first-order chi connectivity index (χ1) is 13.5. The Labute approximate surface area is 173 Å². The zero-order valence-electron chi connectivity index (χ0n) is 14.9. The van der Waals surface area contributed by atoms with Crippen molar-refractivity contribution >= 4 is 35.0 Å². The normalized spacial score (nSPS) is 10.4. The number of carbonyl (C=O) groups excluding carboxylic acids is 2. The molecule has 0 aliphatic heterocycles. The van der Waals surface area contributed by atoms with Gasteiger partial charge in [-0.2, -0.15) is 0 Å². The number of hydrogen-bond donors (Lipinski definition) is 2. The van der Waals surface area contributed by atoms with Crippen molar-refractivity contribution in [2.75, 3.05) is 0 Å². The molecule has 0 aliphatic carbocycles. The first kappa shape index (κ1) is 19.9. The molecule has 0 saturated heterocycles. The van der Waals surface area contributed by atoms with E-state index in [1.807, 2.05) is 24.3 Å². The van der Waals surface area contributed by atoms with Gasteiger partial charge in [0.05, 0.1) is 0 Å². The molecule has 0 atom stereocenters. The third-order valence-corrected chi connectivity index (χ3v) is 4.65. The summed E-state index contributed by atoms with van der Waals surface area (Å²) in [6.07, 6.45) is 0. The highest BCUT2D eigenvalue weighted by Crippen LogP contribution is 2.11. The van der Waals surface area contributed by atoms with E-state index in [-0.39, 0.29) is 11.8 Å². The van der Waals surface area contributed by atoms with Gasteiger partial charge in [0.15, 0.2) is 0 Å². The van der Waals surface area contributed by atoms with Crippen LogP contribution in [-0.4, -0.2) is 11.8 Å². The molecular weight excluding hydrogens is 395 g/mol. The largest absolute Gasteiger partial charge is 0.348 e. The highest BCUT2D eigenvalue weighted by molar-refractivity contribution is 6.31. The van der Waals surface area contributed by atoms with Crippen LogP contribution in [0.4, 0.5) is 0 Å². The van der Waals surface area contributed by atoms with Crippen LogP contribution in [0.3, 0.4) is 0 Å². The minimum Gasteiger partial charge on any atom is -0.348 e. The molecule has 28 heavy (non-hydrogen) atoms. The Morgan fingerprint density at radius 2 is 0.893 bits per heavy atom. The molecule has 0 aromatic heterocycles. The second-order valence-electron chi connectivity index (χ2n) is 6.20. The third kappa shape index (κ3) is 5.59. The van der Waals surface area contributed by atoms with Crippen molar-refractivity contribution in [2.24, 2.45) is 0 Å². The molecule has 4 nitrogen and oxygen atoms in total. The van der Waals surface area contributed by atoms with E-state index in [1.54, 1.807) is 48.5 Å². The zero-order chi connectivity index (χ0) is 19.9. The fraction of sp³-hybridized carbons (Fsp3) is 0.0909. The first-order valence-corrected chi connectivity index (χ1v) is 9.42. The maximum Gasteiger partial charge on any atom is 0.251 e. The van der Waals surface area contributed by atoms with Crippen LogP contribution in [-0.2, 0) is 13.1 Å². The SMILES string of the molecule is O=C(NCc1ccc(CNC(=O)c2ccc(Cl)cc2)cc1)c1ccc(Cl)cc1. The van der Waals surface area contributed by atoms with Crippen molar-refractivity contribution in [3.05, 3.63) is 105 Å². The van der Waals surface area contributed by atoms with E-state index >= 15 is 0 Å². The average molecular weight is 413 g/mol. The summed E-state index contributed by atoms with van der Waals surface area (Å²) in [5.41, 5.74) is 3.06. The fourth-order valence-corrected chi connectivity index (χ4v) is 2.80. The van der Waals surface area contributed by atoms with Crippen LogP contribution in [0.5, 0.6) is 0 Å². The topological polar surface area (TPSA) is 58.2 Å². The van der Waals surface area contributed by atoms with Crippen molar-refractivity contribution < 1.29 is 9.59 Å². The molecule has 0 unspecified atom stereocenters.